The van der Waals surface area contributed by atoms with Gasteiger partial charge in [-0.05, 0) is 56.5 Å². The minimum absolute atomic E-state index is 0.162. The molecular weight excluding hydrogens is 428 g/mol. The number of amides is 1. The number of hydrogen-bond donors (Lipinski definition) is 0. The number of halogens is 1. The van der Waals surface area contributed by atoms with E-state index in [0.29, 0.717) is 18.8 Å². The van der Waals surface area contributed by atoms with E-state index < -0.39 is 10.0 Å². The van der Waals surface area contributed by atoms with E-state index in [1.807, 2.05) is 13.0 Å². The first-order valence-electron chi connectivity index (χ1n) is 9.01. The smallest absolute Gasteiger partial charge is 0.264 e. The summed E-state index contributed by atoms with van der Waals surface area (Å²) in [5.41, 5.74) is 1.45. The van der Waals surface area contributed by atoms with Crippen LogP contribution in [0.3, 0.4) is 0 Å². The molecule has 0 unspecified atom stereocenters. The van der Waals surface area contributed by atoms with Crippen LogP contribution in [0.15, 0.2) is 57.9 Å². The average molecular weight is 451 g/mol. The molecule has 5 nitrogen and oxygen atoms in total. The molecule has 1 amide bonds. The number of hydrogen-bond acceptors (Lipinski definition) is 3. The van der Waals surface area contributed by atoms with E-state index in [1.54, 1.807) is 47.4 Å². The van der Waals surface area contributed by atoms with Crippen molar-refractivity contribution in [2.75, 3.05) is 23.9 Å². The van der Waals surface area contributed by atoms with Gasteiger partial charge in [0.2, 0.25) is 5.91 Å². The van der Waals surface area contributed by atoms with Crippen LogP contribution in [0.5, 0.6) is 0 Å². The minimum Gasteiger partial charge on any atom is -0.341 e. The second-order valence-corrected chi connectivity index (χ2v) is 9.52. The summed E-state index contributed by atoms with van der Waals surface area (Å²) >= 11 is 3.39. The normalized spacial score (nSPS) is 14.8. The molecule has 0 bridgehead atoms. The van der Waals surface area contributed by atoms with Gasteiger partial charge in [0.25, 0.3) is 10.0 Å². The molecule has 7 heteroatoms. The van der Waals surface area contributed by atoms with Gasteiger partial charge < -0.3 is 4.90 Å². The number of sulfonamides is 1. The summed E-state index contributed by atoms with van der Waals surface area (Å²) in [5.74, 6) is -0.162. The van der Waals surface area contributed by atoms with E-state index in [2.05, 4.69) is 15.9 Å². The van der Waals surface area contributed by atoms with Crippen LogP contribution < -0.4 is 4.31 Å². The Hall–Kier alpha value is -1.86. The van der Waals surface area contributed by atoms with Crippen LogP contribution in [0, 0.1) is 6.92 Å². The molecule has 0 aromatic heterocycles. The molecule has 144 valence electrons. The molecule has 0 radical (unpaired) electrons. The molecular formula is C20H23BrN2O3S. The van der Waals surface area contributed by atoms with E-state index in [9.17, 15) is 13.2 Å². The molecule has 1 fully saturated rings. The SMILES string of the molecule is Cc1ccc(S(=O)(=O)N(CC(=O)N2CCCCC2)c2cccc(Br)c2)cc1. The number of aryl methyl sites for hydroxylation is 1. The van der Waals surface area contributed by atoms with Gasteiger partial charge in [-0.15, -0.1) is 0 Å². The van der Waals surface area contributed by atoms with Crippen molar-refractivity contribution >= 4 is 37.5 Å². The first-order chi connectivity index (χ1) is 12.9. The molecule has 3 rings (SSSR count). The Morgan fingerprint density at radius 2 is 1.74 bits per heavy atom. The third kappa shape index (κ3) is 4.71. The van der Waals surface area contributed by atoms with Crippen molar-refractivity contribution in [3.63, 3.8) is 0 Å². The third-order valence-electron chi connectivity index (χ3n) is 4.69. The summed E-state index contributed by atoms with van der Waals surface area (Å²) in [6.07, 6.45) is 3.04. The lowest BCUT2D eigenvalue weighted by Crippen LogP contribution is -2.44. The number of benzene rings is 2. The van der Waals surface area contributed by atoms with E-state index in [4.69, 9.17) is 0 Å². The zero-order chi connectivity index (χ0) is 19.4. The van der Waals surface area contributed by atoms with Crippen LogP contribution in [-0.4, -0.2) is 38.9 Å². The minimum atomic E-state index is -3.86. The topological polar surface area (TPSA) is 57.7 Å². The number of carbonyl (C=O) groups is 1. The molecule has 1 heterocycles. The fraction of sp³-hybridized carbons (Fsp3) is 0.350. The van der Waals surface area contributed by atoms with Crippen LogP contribution in [0.1, 0.15) is 24.8 Å². The standard InChI is InChI=1S/C20H23BrN2O3S/c1-16-8-10-19(11-9-16)27(25,26)23(18-7-5-6-17(21)14-18)15-20(24)22-12-3-2-4-13-22/h5-11,14H,2-4,12-13,15H2,1H3. The lowest BCUT2D eigenvalue weighted by molar-refractivity contribution is -0.130. The second-order valence-electron chi connectivity index (χ2n) is 6.75. The highest BCUT2D eigenvalue weighted by molar-refractivity contribution is 9.10. The van der Waals surface area contributed by atoms with E-state index in [0.717, 1.165) is 29.3 Å². The number of rotatable bonds is 5. The molecule has 0 spiro atoms. The van der Waals surface area contributed by atoms with E-state index in [-0.39, 0.29) is 17.3 Å². The van der Waals surface area contributed by atoms with Gasteiger partial charge in [-0.25, -0.2) is 8.42 Å². The van der Waals surface area contributed by atoms with E-state index >= 15 is 0 Å². The zero-order valence-corrected chi connectivity index (χ0v) is 17.7. The monoisotopic (exact) mass is 450 g/mol. The van der Waals surface area contributed by atoms with Crippen LogP contribution in [0.4, 0.5) is 5.69 Å². The Bertz CT molecular complexity index is 907. The van der Waals surface area contributed by atoms with Crippen molar-refractivity contribution < 1.29 is 13.2 Å². The molecule has 2 aromatic rings. The highest BCUT2D eigenvalue weighted by Crippen LogP contribution is 2.27. The van der Waals surface area contributed by atoms with Crippen molar-refractivity contribution in [2.45, 2.75) is 31.1 Å². The van der Waals surface area contributed by atoms with Crippen molar-refractivity contribution in [3.05, 3.63) is 58.6 Å². The summed E-state index contributed by atoms with van der Waals surface area (Å²) in [6, 6.07) is 13.7. The second kappa shape index (κ2) is 8.44. The summed E-state index contributed by atoms with van der Waals surface area (Å²) < 4.78 is 28.6. The Balaban J connectivity index is 1.96. The Kier molecular flexibility index (Phi) is 6.22. The number of carbonyl (C=O) groups excluding carboxylic acids is 1. The van der Waals surface area contributed by atoms with Crippen LogP contribution in [-0.2, 0) is 14.8 Å². The largest absolute Gasteiger partial charge is 0.341 e. The highest BCUT2D eigenvalue weighted by atomic mass is 79.9. The quantitative estimate of drug-likeness (QED) is 0.692. The molecule has 0 aliphatic carbocycles. The molecule has 2 aromatic carbocycles. The number of nitrogens with zero attached hydrogens (tertiary/aromatic N) is 2. The van der Waals surface area contributed by atoms with Crippen LogP contribution in [0.25, 0.3) is 0 Å². The molecule has 1 aliphatic heterocycles. The fourth-order valence-corrected chi connectivity index (χ4v) is 4.94. The Morgan fingerprint density at radius 3 is 2.37 bits per heavy atom. The summed E-state index contributed by atoms with van der Waals surface area (Å²) in [4.78, 5) is 14.8. The molecule has 0 atom stereocenters. The predicted octanol–water partition coefficient (Wildman–Crippen LogP) is 3.97. The maximum Gasteiger partial charge on any atom is 0.264 e. The summed E-state index contributed by atoms with van der Waals surface area (Å²) in [5, 5.41) is 0. The van der Waals surface area contributed by atoms with Crippen molar-refractivity contribution in [3.8, 4) is 0 Å². The van der Waals surface area contributed by atoms with Crippen molar-refractivity contribution in [1.29, 1.82) is 0 Å². The third-order valence-corrected chi connectivity index (χ3v) is 6.97. The molecule has 0 saturated carbocycles. The maximum absolute atomic E-state index is 13.3. The molecule has 0 N–H and O–H groups in total. The van der Waals surface area contributed by atoms with Gasteiger partial charge in [-0.1, -0.05) is 39.7 Å². The highest BCUT2D eigenvalue weighted by Gasteiger charge is 2.29. The molecule has 1 aliphatic rings. The first kappa shape index (κ1) is 19.9. The summed E-state index contributed by atoms with van der Waals surface area (Å²) in [7, 11) is -3.86. The van der Waals surface area contributed by atoms with Gasteiger partial charge >= 0.3 is 0 Å². The van der Waals surface area contributed by atoms with Crippen molar-refractivity contribution in [1.82, 2.24) is 4.90 Å². The first-order valence-corrected chi connectivity index (χ1v) is 11.2. The fourth-order valence-electron chi connectivity index (χ4n) is 3.15. The zero-order valence-electron chi connectivity index (χ0n) is 15.3. The van der Waals surface area contributed by atoms with Crippen LogP contribution >= 0.6 is 15.9 Å². The number of anilines is 1. The predicted molar refractivity (Wildman–Crippen MR) is 110 cm³/mol. The van der Waals surface area contributed by atoms with Gasteiger partial charge in [-0.3, -0.25) is 9.10 Å². The van der Waals surface area contributed by atoms with Gasteiger partial charge in [-0.2, -0.15) is 0 Å². The average Bonchev–Trinajstić information content (AvgIpc) is 2.67. The maximum atomic E-state index is 13.3. The lowest BCUT2D eigenvalue weighted by atomic mass is 10.1. The van der Waals surface area contributed by atoms with Gasteiger partial charge in [0, 0.05) is 17.6 Å². The summed E-state index contributed by atoms with van der Waals surface area (Å²) in [6.45, 7) is 3.08. The molecule has 1 saturated heterocycles. The lowest BCUT2D eigenvalue weighted by Gasteiger charge is -2.30. The van der Waals surface area contributed by atoms with E-state index in [1.165, 1.54) is 4.31 Å². The Labute approximate surface area is 169 Å². The molecule has 27 heavy (non-hydrogen) atoms. The number of likely N-dealkylation sites (tertiary alicyclic amines) is 1. The Morgan fingerprint density at radius 1 is 1.07 bits per heavy atom. The van der Waals surface area contributed by atoms with Crippen LogP contribution in [0.2, 0.25) is 0 Å². The van der Waals surface area contributed by atoms with Gasteiger partial charge in [0.05, 0.1) is 10.6 Å². The van der Waals surface area contributed by atoms with Gasteiger partial charge in [0.15, 0.2) is 0 Å². The number of piperidine rings is 1. The van der Waals surface area contributed by atoms with Gasteiger partial charge in [0.1, 0.15) is 6.54 Å². The van der Waals surface area contributed by atoms with Crippen molar-refractivity contribution in [2.24, 2.45) is 0 Å².